The number of aromatic nitrogens is 3. The quantitative estimate of drug-likeness (QED) is 0.855. The number of halogens is 6. The second-order valence-electron chi connectivity index (χ2n) is 5.16. The fraction of sp³-hybridized carbons (Fsp3) is 0.800. The first-order chi connectivity index (χ1) is 8.80. The SMILES string of the molecule is CC(C)(C)n1c(CO)nnc1C(C(F)(F)F)C(F)(F)F. The predicted octanol–water partition coefficient (Wildman–Crippen LogP) is 2.73. The summed E-state index contributed by atoms with van der Waals surface area (Å²) < 4.78 is 77.0. The van der Waals surface area contributed by atoms with Crippen LogP contribution in [0.2, 0.25) is 0 Å². The van der Waals surface area contributed by atoms with Crippen LogP contribution < -0.4 is 0 Å². The van der Waals surface area contributed by atoms with Gasteiger partial charge in [-0.2, -0.15) is 26.3 Å². The van der Waals surface area contributed by atoms with Crippen molar-refractivity contribution in [1.29, 1.82) is 0 Å². The molecule has 0 bridgehead atoms. The van der Waals surface area contributed by atoms with Crippen molar-refractivity contribution in [2.45, 2.75) is 51.2 Å². The van der Waals surface area contributed by atoms with Crippen molar-refractivity contribution in [2.24, 2.45) is 0 Å². The second-order valence-corrected chi connectivity index (χ2v) is 5.16. The summed E-state index contributed by atoms with van der Waals surface area (Å²) in [6.45, 7) is 3.36. The third-order valence-electron chi connectivity index (χ3n) is 2.48. The highest BCUT2D eigenvalue weighted by Gasteiger charge is 2.60. The van der Waals surface area contributed by atoms with Crippen molar-refractivity contribution in [2.75, 3.05) is 0 Å². The molecule has 0 aliphatic carbocycles. The summed E-state index contributed by atoms with van der Waals surface area (Å²) in [6, 6.07) is 0. The van der Waals surface area contributed by atoms with Crippen LogP contribution in [-0.4, -0.2) is 32.2 Å². The minimum atomic E-state index is -5.55. The Balaban J connectivity index is 3.55. The number of hydrogen-bond acceptors (Lipinski definition) is 3. The Morgan fingerprint density at radius 1 is 1.00 bits per heavy atom. The van der Waals surface area contributed by atoms with Crippen LogP contribution in [0.25, 0.3) is 0 Å². The smallest absolute Gasteiger partial charge is 0.388 e. The molecule has 0 amide bonds. The maximum absolute atomic E-state index is 12.7. The average molecular weight is 305 g/mol. The first-order valence-corrected chi connectivity index (χ1v) is 5.49. The van der Waals surface area contributed by atoms with Gasteiger partial charge in [0.15, 0.2) is 11.6 Å². The van der Waals surface area contributed by atoms with Crippen LogP contribution in [0, 0.1) is 0 Å². The third-order valence-corrected chi connectivity index (χ3v) is 2.48. The van der Waals surface area contributed by atoms with Gasteiger partial charge in [0, 0.05) is 5.54 Å². The molecule has 0 saturated carbocycles. The minimum absolute atomic E-state index is 0.356. The first-order valence-electron chi connectivity index (χ1n) is 5.49. The van der Waals surface area contributed by atoms with E-state index in [1.807, 2.05) is 0 Å². The van der Waals surface area contributed by atoms with Crippen LogP contribution in [-0.2, 0) is 12.1 Å². The maximum atomic E-state index is 12.7. The summed E-state index contributed by atoms with van der Waals surface area (Å²) in [6.07, 6.45) is -11.1. The molecular formula is C10H13F6N3O. The third kappa shape index (κ3) is 3.22. The van der Waals surface area contributed by atoms with Gasteiger partial charge in [0.1, 0.15) is 6.61 Å². The van der Waals surface area contributed by atoms with Crippen molar-refractivity contribution < 1.29 is 31.4 Å². The highest BCUT2D eigenvalue weighted by Crippen LogP contribution is 2.46. The van der Waals surface area contributed by atoms with Crippen molar-refractivity contribution in [3.05, 3.63) is 11.6 Å². The number of rotatable bonds is 2. The lowest BCUT2D eigenvalue weighted by Crippen LogP contribution is -2.39. The highest BCUT2D eigenvalue weighted by molar-refractivity contribution is 5.10. The lowest BCUT2D eigenvalue weighted by molar-refractivity contribution is -0.256. The monoisotopic (exact) mass is 305 g/mol. The van der Waals surface area contributed by atoms with Gasteiger partial charge in [-0.05, 0) is 20.8 Å². The van der Waals surface area contributed by atoms with Crippen molar-refractivity contribution in [3.8, 4) is 0 Å². The summed E-state index contributed by atoms with van der Waals surface area (Å²) >= 11 is 0. The van der Waals surface area contributed by atoms with E-state index in [1.165, 1.54) is 20.8 Å². The van der Waals surface area contributed by atoms with Crippen molar-refractivity contribution in [3.63, 3.8) is 0 Å². The second kappa shape index (κ2) is 4.90. The Labute approximate surface area is 110 Å². The van der Waals surface area contributed by atoms with E-state index in [9.17, 15) is 26.3 Å². The van der Waals surface area contributed by atoms with Crippen LogP contribution >= 0.6 is 0 Å². The lowest BCUT2D eigenvalue weighted by Gasteiger charge is -2.29. The number of aliphatic hydroxyl groups is 1. The summed E-state index contributed by atoms with van der Waals surface area (Å²) in [5.74, 6) is -5.38. The summed E-state index contributed by atoms with van der Waals surface area (Å²) in [5, 5.41) is 15.2. The van der Waals surface area contributed by atoms with Crippen LogP contribution in [0.5, 0.6) is 0 Å². The Morgan fingerprint density at radius 3 is 1.75 bits per heavy atom. The molecule has 20 heavy (non-hydrogen) atoms. The molecule has 0 unspecified atom stereocenters. The minimum Gasteiger partial charge on any atom is -0.388 e. The number of nitrogens with zero attached hydrogens (tertiary/aromatic N) is 3. The fourth-order valence-corrected chi connectivity index (χ4v) is 1.83. The van der Waals surface area contributed by atoms with Crippen LogP contribution in [0.3, 0.4) is 0 Å². The molecule has 1 rings (SSSR count). The standard InChI is InChI=1S/C10H13F6N3O/c1-8(2,3)19-5(4-20)17-18-7(19)6(9(11,12)13)10(14,15)16/h6,20H,4H2,1-3H3. The van der Waals surface area contributed by atoms with E-state index in [2.05, 4.69) is 10.2 Å². The average Bonchev–Trinajstić information content (AvgIpc) is 2.55. The van der Waals surface area contributed by atoms with E-state index < -0.39 is 36.2 Å². The molecule has 4 nitrogen and oxygen atoms in total. The molecule has 0 saturated heterocycles. The number of aliphatic hydroxyl groups excluding tert-OH is 1. The maximum Gasteiger partial charge on any atom is 0.407 e. The first kappa shape index (κ1) is 16.7. The fourth-order valence-electron chi connectivity index (χ4n) is 1.83. The molecule has 0 fully saturated rings. The molecule has 1 aromatic heterocycles. The summed E-state index contributed by atoms with van der Waals surface area (Å²) in [4.78, 5) is 0. The van der Waals surface area contributed by atoms with Gasteiger partial charge in [0.25, 0.3) is 0 Å². The Morgan fingerprint density at radius 2 is 1.45 bits per heavy atom. The van der Waals surface area contributed by atoms with E-state index >= 15 is 0 Å². The van der Waals surface area contributed by atoms with Crippen molar-refractivity contribution >= 4 is 0 Å². The molecule has 0 aliphatic heterocycles. The molecule has 116 valence electrons. The van der Waals surface area contributed by atoms with Gasteiger partial charge < -0.3 is 9.67 Å². The highest BCUT2D eigenvalue weighted by atomic mass is 19.4. The number of hydrogen-bond donors (Lipinski definition) is 1. The predicted molar refractivity (Wildman–Crippen MR) is 55.8 cm³/mol. The van der Waals surface area contributed by atoms with Gasteiger partial charge in [0.05, 0.1) is 0 Å². The summed E-state index contributed by atoms with van der Waals surface area (Å²) in [7, 11) is 0. The normalized spacial score (nSPS) is 14.2. The van der Waals surface area contributed by atoms with E-state index in [0.717, 1.165) is 0 Å². The Kier molecular flexibility index (Phi) is 4.10. The molecule has 10 heteroatoms. The molecule has 0 spiro atoms. The van der Waals surface area contributed by atoms with E-state index in [4.69, 9.17) is 5.11 Å². The van der Waals surface area contributed by atoms with Gasteiger partial charge in [0.2, 0.25) is 5.92 Å². The zero-order valence-corrected chi connectivity index (χ0v) is 10.8. The van der Waals surface area contributed by atoms with Crippen LogP contribution in [0.4, 0.5) is 26.3 Å². The van der Waals surface area contributed by atoms with Gasteiger partial charge >= 0.3 is 12.4 Å². The number of alkyl halides is 6. The Hall–Kier alpha value is -1.32. The molecule has 0 aliphatic rings. The largest absolute Gasteiger partial charge is 0.407 e. The van der Waals surface area contributed by atoms with E-state index in [1.54, 1.807) is 0 Å². The molecule has 1 heterocycles. The van der Waals surface area contributed by atoms with Gasteiger partial charge in [-0.3, -0.25) is 0 Å². The van der Waals surface area contributed by atoms with E-state index in [0.29, 0.717) is 4.57 Å². The summed E-state index contributed by atoms with van der Waals surface area (Å²) in [5.41, 5.74) is -1.15. The molecule has 1 aromatic rings. The lowest BCUT2D eigenvalue weighted by atomic mass is 10.0. The molecular weight excluding hydrogens is 292 g/mol. The topological polar surface area (TPSA) is 50.9 Å². The van der Waals surface area contributed by atoms with Crippen molar-refractivity contribution in [1.82, 2.24) is 14.8 Å². The van der Waals surface area contributed by atoms with Crippen LogP contribution in [0.1, 0.15) is 38.3 Å². The molecule has 0 radical (unpaired) electrons. The van der Waals surface area contributed by atoms with Crippen LogP contribution in [0.15, 0.2) is 0 Å². The van der Waals surface area contributed by atoms with Gasteiger partial charge in [-0.15, -0.1) is 10.2 Å². The van der Waals surface area contributed by atoms with Gasteiger partial charge in [-0.25, -0.2) is 0 Å². The zero-order chi connectivity index (χ0) is 15.9. The van der Waals surface area contributed by atoms with Gasteiger partial charge in [-0.1, -0.05) is 0 Å². The Bertz CT molecular complexity index is 457. The molecule has 0 aromatic carbocycles. The van der Waals surface area contributed by atoms with E-state index in [-0.39, 0.29) is 5.82 Å². The zero-order valence-electron chi connectivity index (χ0n) is 10.8. The molecule has 1 N–H and O–H groups in total. The molecule has 0 atom stereocenters.